The highest BCUT2D eigenvalue weighted by atomic mass is 32.2. The molecule has 178 valence electrons. The van der Waals surface area contributed by atoms with Crippen molar-refractivity contribution in [3.63, 3.8) is 0 Å². The van der Waals surface area contributed by atoms with E-state index in [1.54, 1.807) is 31.1 Å². The average Bonchev–Trinajstić information content (AvgIpc) is 3.32. The first-order valence-corrected chi connectivity index (χ1v) is 12.4. The summed E-state index contributed by atoms with van der Waals surface area (Å²) in [4.78, 5) is 28.1. The summed E-state index contributed by atoms with van der Waals surface area (Å²) in [7, 11) is 1.71. The molecule has 2 N–H and O–H groups in total. The minimum atomic E-state index is -0.302. The van der Waals surface area contributed by atoms with Crippen molar-refractivity contribution in [2.75, 3.05) is 26.2 Å². The first kappa shape index (κ1) is 22.9. The van der Waals surface area contributed by atoms with Crippen molar-refractivity contribution in [2.24, 2.45) is 7.05 Å². The van der Waals surface area contributed by atoms with Crippen LogP contribution >= 0.6 is 11.9 Å². The fourth-order valence-corrected chi connectivity index (χ4v) is 6.19. The Bertz CT molecular complexity index is 1150. The zero-order valence-corrected chi connectivity index (χ0v) is 20.0. The van der Waals surface area contributed by atoms with Crippen LogP contribution < -0.4 is 5.32 Å². The van der Waals surface area contributed by atoms with Gasteiger partial charge in [0.05, 0.1) is 17.7 Å². The van der Waals surface area contributed by atoms with E-state index < -0.39 is 0 Å². The molecule has 10 heteroatoms. The van der Waals surface area contributed by atoms with Crippen LogP contribution in [-0.4, -0.2) is 72.9 Å². The number of carbonyl (C=O) groups is 2. The molecule has 1 saturated carbocycles. The maximum absolute atomic E-state index is 13.4. The summed E-state index contributed by atoms with van der Waals surface area (Å²) >= 11 is 1.80. The van der Waals surface area contributed by atoms with Gasteiger partial charge in [-0.15, -0.1) is 0 Å². The fourth-order valence-electron chi connectivity index (χ4n) is 4.70. The Kier molecular flexibility index (Phi) is 6.10. The van der Waals surface area contributed by atoms with E-state index in [2.05, 4.69) is 20.8 Å². The molecule has 9 nitrogen and oxygen atoms in total. The third kappa shape index (κ3) is 4.56. The van der Waals surface area contributed by atoms with Gasteiger partial charge in [0.15, 0.2) is 5.69 Å². The van der Waals surface area contributed by atoms with E-state index in [4.69, 9.17) is 5.26 Å². The first-order chi connectivity index (χ1) is 16.4. The lowest BCUT2D eigenvalue weighted by atomic mass is 10.0. The van der Waals surface area contributed by atoms with Crippen molar-refractivity contribution in [3.8, 4) is 6.07 Å². The standard InChI is InChI=1S/C24H28N6O3S/c1-28-21-19(20(27-28)22(32)26-13-17-4-2-16(12-25)3-5-17)7-10-29(23(21)33)15-24(8-9-24)34-30-11-6-18(31)14-30/h2-5,18,31H,6-11,13-15H2,1H3,(H,26,32). The molecular weight excluding hydrogens is 452 g/mol. The van der Waals surface area contributed by atoms with Gasteiger partial charge in [0.1, 0.15) is 5.69 Å². The first-order valence-electron chi connectivity index (χ1n) is 11.6. The molecule has 2 fully saturated rings. The number of benzene rings is 1. The molecule has 0 bridgehead atoms. The van der Waals surface area contributed by atoms with Crippen molar-refractivity contribution < 1.29 is 14.7 Å². The van der Waals surface area contributed by atoms with Crippen molar-refractivity contribution in [2.45, 2.75) is 43.1 Å². The molecule has 2 amide bonds. The van der Waals surface area contributed by atoms with E-state index in [0.29, 0.717) is 55.1 Å². The largest absolute Gasteiger partial charge is 0.392 e. The van der Waals surface area contributed by atoms with Gasteiger partial charge in [-0.05, 0) is 43.4 Å². The second-order valence-corrected chi connectivity index (χ2v) is 10.9. The van der Waals surface area contributed by atoms with E-state index in [1.165, 1.54) is 4.68 Å². The summed E-state index contributed by atoms with van der Waals surface area (Å²) in [5, 5.41) is 26.0. The summed E-state index contributed by atoms with van der Waals surface area (Å²) in [5.74, 6) is -0.375. The summed E-state index contributed by atoms with van der Waals surface area (Å²) in [6.45, 7) is 3.13. The Morgan fingerprint density at radius 1 is 1.32 bits per heavy atom. The number of aliphatic hydroxyl groups excluding tert-OH is 1. The minimum absolute atomic E-state index is 0.0388. The smallest absolute Gasteiger partial charge is 0.272 e. The predicted molar refractivity (Wildman–Crippen MR) is 127 cm³/mol. The number of carbonyl (C=O) groups excluding carboxylic acids is 2. The van der Waals surface area contributed by atoms with Gasteiger partial charge >= 0.3 is 0 Å². The molecule has 3 aliphatic rings. The number of aliphatic hydroxyl groups is 1. The number of aryl methyl sites for hydroxylation is 1. The quantitative estimate of drug-likeness (QED) is 0.577. The number of β-amino-alcohol motifs (C(OH)–C–C–N with tert-alkyl or cyclic N) is 1. The third-order valence-electron chi connectivity index (χ3n) is 6.75. The van der Waals surface area contributed by atoms with Crippen LogP contribution in [0.25, 0.3) is 0 Å². The van der Waals surface area contributed by atoms with Gasteiger partial charge in [-0.3, -0.25) is 14.3 Å². The summed E-state index contributed by atoms with van der Waals surface area (Å²) in [6, 6.07) is 9.13. The molecule has 1 aromatic carbocycles. The molecule has 0 radical (unpaired) electrons. The zero-order chi connectivity index (χ0) is 23.9. The highest BCUT2D eigenvalue weighted by Crippen LogP contribution is 2.51. The molecule has 1 aliphatic carbocycles. The molecule has 0 spiro atoms. The number of rotatable bonds is 7. The molecule has 3 heterocycles. The molecular formula is C24H28N6O3S. The Hall–Kier alpha value is -2.87. The Morgan fingerprint density at radius 3 is 2.74 bits per heavy atom. The Balaban J connectivity index is 1.24. The number of nitrogens with zero attached hydrogens (tertiary/aromatic N) is 5. The van der Waals surface area contributed by atoms with Crippen LogP contribution in [0, 0.1) is 11.3 Å². The second-order valence-electron chi connectivity index (χ2n) is 9.37. The lowest BCUT2D eigenvalue weighted by Gasteiger charge is -2.32. The van der Waals surface area contributed by atoms with E-state index in [9.17, 15) is 14.7 Å². The SMILES string of the molecule is Cn1nc(C(=O)NCc2ccc(C#N)cc2)c2c1C(=O)N(CC1(SN3CCC(O)C3)CC1)CC2. The molecule has 2 aromatic rings. The van der Waals surface area contributed by atoms with Crippen molar-refractivity contribution in [1.82, 2.24) is 24.3 Å². The third-order valence-corrected chi connectivity index (χ3v) is 8.27. The number of nitrogens with one attached hydrogen (secondary N) is 1. The Morgan fingerprint density at radius 2 is 2.09 bits per heavy atom. The van der Waals surface area contributed by atoms with Crippen molar-refractivity contribution in [3.05, 3.63) is 52.3 Å². The van der Waals surface area contributed by atoms with E-state index in [0.717, 1.165) is 31.4 Å². The fraction of sp³-hybridized carbons (Fsp3) is 0.500. The number of amides is 2. The summed E-state index contributed by atoms with van der Waals surface area (Å²) in [6.07, 6.45) is 3.28. The molecule has 1 aromatic heterocycles. The van der Waals surface area contributed by atoms with Crippen LogP contribution in [0.15, 0.2) is 24.3 Å². The monoisotopic (exact) mass is 480 g/mol. The maximum Gasteiger partial charge on any atom is 0.272 e. The number of hydrogen-bond acceptors (Lipinski definition) is 7. The number of fused-ring (bicyclic) bond motifs is 1. The van der Waals surface area contributed by atoms with E-state index in [-0.39, 0.29) is 22.7 Å². The van der Waals surface area contributed by atoms with E-state index in [1.807, 2.05) is 17.0 Å². The van der Waals surface area contributed by atoms with Crippen LogP contribution in [0.1, 0.15) is 56.9 Å². The van der Waals surface area contributed by atoms with Crippen LogP contribution in [0.4, 0.5) is 0 Å². The minimum Gasteiger partial charge on any atom is -0.392 e. The van der Waals surface area contributed by atoms with E-state index >= 15 is 0 Å². The van der Waals surface area contributed by atoms with Crippen LogP contribution in [-0.2, 0) is 20.0 Å². The molecule has 1 unspecified atom stereocenters. The molecule has 2 aliphatic heterocycles. The lowest BCUT2D eigenvalue weighted by molar-refractivity contribution is 0.0725. The maximum atomic E-state index is 13.4. The Labute approximate surface area is 202 Å². The van der Waals surface area contributed by atoms with Gasteiger partial charge in [0.2, 0.25) is 0 Å². The van der Waals surface area contributed by atoms with Crippen molar-refractivity contribution >= 4 is 23.8 Å². The van der Waals surface area contributed by atoms with Gasteiger partial charge in [-0.25, -0.2) is 4.31 Å². The lowest BCUT2D eigenvalue weighted by Crippen LogP contribution is -2.43. The average molecular weight is 481 g/mol. The van der Waals surface area contributed by atoms with Crippen LogP contribution in [0.2, 0.25) is 0 Å². The molecule has 1 saturated heterocycles. The van der Waals surface area contributed by atoms with Gasteiger partial charge in [0.25, 0.3) is 11.8 Å². The summed E-state index contributed by atoms with van der Waals surface area (Å²) < 4.78 is 3.80. The van der Waals surface area contributed by atoms with Crippen LogP contribution in [0.3, 0.4) is 0 Å². The number of nitriles is 1. The van der Waals surface area contributed by atoms with Crippen molar-refractivity contribution in [1.29, 1.82) is 5.26 Å². The predicted octanol–water partition coefficient (Wildman–Crippen LogP) is 1.47. The van der Waals surface area contributed by atoms with Crippen LogP contribution in [0.5, 0.6) is 0 Å². The van der Waals surface area contributed by atoms with Gasteiger partial charge in [-0.1, -0.05) is 24.1 Å². The highest BCUT2D eigenvalue weighted by molar-refractivity contribution is 7.98. The van der Waals surface area contributed by atoms with Gasteiger partial charge < -0.3 is 15.3 Å². The highest BCUT2D eigenvalue weighted by Gasteiger charge is 2.49. The molecule has 34 heavy (non-hydrogen) atoms. The molecule has 1 atom stereocenters. The number of hydrogen-bond donors (Lipinski definition) is 2. The second kappa shape index (κ2) is 9.06. The van der Waals surface area contributed by atoms with Gasteiger partial charge in [0, 0.05) is 50.1 Å². The normalized spacial score (nSPS) is 21.3. The van der Waals surface area contributed by atoms with Gasteiger partial charge in [-0.2, -0.15) is 10.4 Å². The summed E-state index contributed by atoms with van der Waals surface area (Å²) in [5.41, 5.74) is 2.97. The molecule has 5 rings (SSSR count). The topological polar surface area (TPSA) is 114 Å². The zero-order valence-electron chi connectivity index (χ0n) is 19.2. The number of aromatic nitrogens is 2.